The van der Waals surface area contributed by atoms with Gasteiger partial charge in [-0.2, -0.15) is 4.99 Å². The Morgan fingerprint density at radius 3 is 2.45 bits per heavy atom. The number of carbonyl (C=O) groups is 4. The zero-order chi connectivity index (χ0) is 28.9. The number of carbonyl (C=O) groups excluding carboxylic acids is 4. The molecule has 1 saturated carbocycles. The van der Waals surface area contributed by atoms with Crippen molar-refractivity contribution >= 4 is 46.9 Å². The topological polar surface area (TPSA) is 114 Å². The Labute approximate surface area is 239 Å². The zero-order valence-corrected chi connectivity index (χ0v) is 23.7. The third-order valence-electron chi connectivity index (χ3n) is 6.90. The molecule has 0 unspecified atom stereocenters. The van der Waals surface area contributed by atoms with Crippen molar-refractivity contribution in [1.82, 2.24) is 5.32 Å². The Kier molecular flexibility index (Phi) is 12.1. The molecule has 0 heterocycles. The van der Waals surface area contributed by atoms with Crippen LogP contribution < -0.4 is 10.2 Å². The molecule has 214 valence electrons. The van der Waals surface area contributed by atoms with Gasteiger partial charge in [-0.05, 0) is 48.6 Å². The first-order valence-corrected chi connectivity index (χ1v) is 13.8. The van der Waals surface area contributed by atoms with Gasteiger partial charge >= 0.3 is 12.1 Å². The number of anilines is 1. The minimum atomic E-state index is -1.09. The molecular formula is C30H36ClN3O6. The molecule has 1 fully saturated rings. The van der Waals surface area contributed by atoms with Crippen molar-refractivity contribution in [2.24, 2.45) is 10.9 Å². The van der Waals surface area contributed by atoms with Gasteiger partial charge < -0.3 is 19.7 Å². The fraction of sp³-hybridized carbons (Fsp3) is 0.433. The second-order valence-corrected chi connectivity index (χ2v) is 10.3. The van der Waals surface area contributed by atoms with Crippen molar-refractivity contribution in [3.63, 3.8) is 0 Å². The number of rotatable bonds is 11. The summed E-state index contributed by atoms with van der Waals surface area (Å²) < 4.78 is 10.1. The minimum Gasteiger partial charge on any atom is -0.467 e. The van der Waals surface area contributed by atoms with E-state index in [1.165, 1.54) is 12.0 Å². The number of amides is 3. The predicted octanol–water partition coefficient (Wildman–Crippen LogP) is 5.49. The van der Waals surface area contributed by atoms with Gasteiger partial charge in [0.05, 0.1) is 7.11 Å². The molecule has 1 N–H and O–H groups in total. The van der Waals surface area contributed by atoms with Gasteiger partial charge in [0, 0.05) is 24.2 Å². The molecule has 40 heavy (non-hydrogen) atoms. The standard InChI is InChI=1S/C30H36ClN3O6/c1-34(24-14-7-4-8-15-24)27(35)17-16-25(29(37)39-2)32-28(36)26(19-21-10-5-3-6-11-21)33-30(38)40-20-22-12-9-13-23(31)18-22/h4,7-9,12-15,18,21,25H,3,5-6,10-11,16-17,19-20H2,1-2H3,(H,32,36)/b33-26+/t25-/m0/s1. The molecule has 1 atom stereocenters. The molecule has 0 spiro atoms. The second kappa shape index (κ2) is 15.8. The van der Waals surface area contributed by atoms with E-state index in [0.717, 1.165) is 32.1 Å². The maximum absolute atomic E-state index is 13.3. The molecule has 1 aliphatic rings. The van der Waals surface area contributed by atoms with Crippen LogP contribution in [0.3, 0.4) is 0 Å². The van der Waals surface area contributed by atoms with Crippen LogP contribution in [-0.4, -0.2) is 49.8 Å². The van der Waals surface area contributed by atoms with Crippen LogP contribution >= 0.6 is 11.6 Å². The van der Waals surface area contributed by atoms with E-state index in [4.69, 9.17) is 21.1 Å². The number of esters is 1. The maximum atomic E-state index is 13.3. The normalized spacial score (nSPS) is 14.6. The number of methoxy groups -OCH3 is 1. The SMILES string of the molecule is COC(=O)[C@H](CCC(=O)N(C)c1ccccc1)NC(=O)/C(CC1CCCCC1)=N/C(=O)OCc1cccc(Cl)c1. The molecular weight excluding hydrogens is 534 g/mol. The molecule has 0 radical (unpaired) electrons. The lowest BCUT2D eigenvalue weighted by atomic mass is 9.85. The van der Waals surface area contributed by atoms with E-state index in [1.807, 2.05) is 18.2 Å². The Bertz CT molecular complexity index is 1200. The fourth-order valence-electron chi connectivity index (χ4n) is 4.63. The highest BCUT2D eigenvalue weighted by molar-refractivity contribution is 6.40. The number of hydrogen-bond donors (Lipinski definition) is 1. The first-order valence-electron chi connectivity index (χ1n) is 13.5. The first kappa shape index (κ1) is 30.8. The number of aliphatic imine (C=N–C) groups is 1. The molecule has 10 heteroatoms. The van der Waals surface area contributed by atoms with Gasteiger partial charge in [0.15, 0.2) is 0 Å². The van der Waals surface area contributed by atoms with Crippen molar-refractivity contribution in [3.8, 4) is 0 Å². The average Bonchev–Trinajstić information content (AvgIpc) is 2.97. The summed E-state index contributed by atoms with van der Waals surface area (Å²) in [6, 6.07) is 14.9. The van der Waals surface area contributed by atoms with E-state index >= 15 is 0 Å². The Morgan fingerprint density at radius 1 is 1.05 bits per heavy atom. The van der Waals surface area contributed by atoms with Crippen LogP contribution in [0.2, 0.25) is 5.02 Å². The molecule has 0 aromatic heterocycles. The van der Waals surface area contributed by atoms with Gasteiger partial charge in [-0.1, -0.05) is 74.0 Å². The number of halogens is 1. The minimum absolute atomic E-state index is 0.00960. The van der Waals surface area contributed by atoms with E-state index in [0.29, 0.717) is 16.3 Å². The molecule has 0 aliphatic heterocycles. The largest absolute Gasteiger partial charge is 0.467 e. The summed E-state index contributed by atoms with van der Waals surface area (Å²) in [5.74, 6) is -1.39. The summed E-state index contributed by atoms with van der Waals surface area (Å²) in [7, 11) is 2.86. The quantitative estimate of drug-likeness (QED) is 0.283. The summed E-state index contributed by atoms with van der Waals surface area (Å²) in [6.45, 7) is -0.0525. The van der Waals surface area contributed by atoms with E-state index < -0.39 is 24.0 Å². The van der Waals surface area contributed by atoms with Gasteiger partial charge in [0.1, 0.15) is 18.4 Å². The van der Waals surface area contributed by atoms with E-state index in [1.54, 1.807) is 43.4 Å². The summed E-state index contributed by atoms with van der Waals surface area (Å²) >= 11 is 5.99. The third kappa shape index (κ3) is 9.79. The number of hydrogen-bond acceptors (Lipinski definition) is 6. The molecule has 1 aliphatic carbocycles. The number of nitrogens with one attached hydrogen (secondary N) is 1. The average molecular weight is 570 g/mol. The number of para-hydroxylation sites is 1. The van der Waals surface area contributed by atoms with E-state index in [9.17, 15) is 19.2 Å². The van der Waals surface area contributed by atoms with Crippen LogP contribution in [0.5, 0.6) is 0 Å². The van der Waals surface area contributed by atoms with Crippen LogP contribution in [0.15, 0.2) is 59.6 Å². The van der Waals surface area contributed by atoms with Crippen LogP contribution in [0, 0.1) is 5.92 Å². The van der Waals surface area contributed by atoms with E-state index in [2.05, 4.69) is 10.3 Å². The molecule has 9 nitrogen and oxygen atoms in total. The highest BCUT2D eigenvalue weighted by Gasteiger charge is 2.28. The van der Waals surface area contributed by atoms with Crippen molar-refractivity contribution in [2.75, 3.05) is 19.1 Å². The highest BCUT2D eigenvalue weighted by atomic mass is 35.5. The van der Waals surface area contributed by atoms with Gasteiger partial charge in [0.2, 0.25) is 5.91 Å². The lowest BCUT2D eigenvalue weighted by Gasteiger charge is -2.23. The van der Waals surface area contributed by atoms with Crippen LogP contribution in [0.25, 0.3) is 0 Å². The highest BCUT2D eigenvalue weighted by Crippen LogP contribution is 2.27. The zero-order valence-electron chi connectivity index (χ0n) is 22.9. The van der Waals surface area contributed by atoms with Crippen LogP contribution in [-0.2, 0) is 30.5 Å². The lowest BCUT2D eigenvalue weighted by Crippen LogP contribution is -2.45. The molecule has 0 saturated heterocycles. The molecule has 0 bridgehead atoms. The van der Waals surface area contributed by atoms with Crippen LogP contribution in [0.4, 0.5) is 10.5 Å². The molecule has 3 amide bonds. The maximum Gasteiger partial charge on any atom is 0.434 e. The summed E-state index contributed by atoms with van der Waals surface area (Å²) in [4.78, 5) is 56.7. The van der Waals surface area contributed by atoms with Crippen LogP contribution in [0.1, 0.15) is 56.9 Å². The molecule has 3 rings (SSSR count). The van der Waals surface area contributed by atoms with Gasteiger partial charge in [-0.3, -0.25) is 9.59 Å². The van der Waals surface area contributed by atoms with Gasteiger partial charge in [-0.15, -0.1) is 0 Å². The lowest BCUT2D eigenvalue weighted by molar-refractivity contribution is -0.144. The summed E-state index contributed by atoms with van der Waals surface area (Å²) in [5.41, 5.74) is 1.39. The van der Waals surface area contributed by atoms with Crippen molar-refractivity contribution in [2.45, 2.75) is 64.0 Å². The Morgan fingerprint density at radius 2 is 1.77 bits per heavy atom. The number of nitrogens with zero attached hydrogens (tertiary/aromatic N) is 2. The molecule has 2 aromatic rings. The van der Waals surface area contributed by atoms with Gasteiger partial charge in [-0.25, -0.2) is 9.59 Å². The number of benzene rings is 2. The van der Waals surface area contributed by atoms with Crippen molar-refractivity contribution in [1.29, 1.82) is 0 Å². The third-order valence-corrected chi connectivity index (χ3v) is 7.14. The first-order chi connectivity index (χ1) is 19.3. The van der Waals surface area contributed by atoms with Crippen molar-refractivity contribution < 1.29 is 28.7 Å². The summed E-state index contributed by atoms with van der Waals surface area (Å²) in [5, 5.41) is 3.15. The monoisotopic (exact) mass is 569 g/mol. The summed E-state index contributed by atoms with van der Waals surface area (Å²) in [6.07, 6.45) is 4.44. The second-order valence-electron chi connectivity index (χ2n) is 9.83. The van der Waals surface area contributed by atoms with Gasteiger partial charge in [0.25, 0.3) is 5.91 Å². The Hall–Kier alpha value is -3.72. The molecule has 2 aromatic carbocycles. The van der Waals surface area contributed by atoms with E-state index in [-0.39, 0.29) is 43.4 Å². The Balaban J connectivity index is 1.69. The predicted molar refractivity (Wildman–Crippen MR) is 153 cm³/mol. The van der Waals surface area contributed by atoms with Crippen molar-refractivity contribution in [3.05, 3.63) is 65.2 Å². The number of ether oxygens (including phenoxy) is 2. The smallest absolute Gasteiger partial charge is 0.434 e. The fourth-order valence-corrected chi connectivity index (χ4v) is 4.84.